The van der Waals surface area contributed by atoms with Gasteiger partial charge in [0.2, 0.25) is 0 Å². The van der Waals surface area contributed by atoms with Crippen LogP contribution in [0.4, 0.5) is 0 Å². The zero-order chi connectivity index (χ0) is 12.3. The van der Waals surface area contributed by atoms with E-state index >= 15 is 0 Å². The highest BCUT2D eigenvalue weighted by atomic mass is 16.5. The molecule has 5 nitrogen and oxygen atoms in total. The summed E-state index contributed by atoms with van der Waals surface area (Å²) >= 11 is 0. The fourth-order valence-corrected chi connectivity index (χ4v) is 1.53. The van der Waals surface area contributed by atoms with Crippen LogP contribution >= 0.6 is 0 Å². The summed E-state index contributed by atoms with van der Waals surface area (Å²) in [7, 11) is 1.62. The largest absolute Gasteiger partial charge is 0.496 e. The number of nitrogens with zero attached hydrogens (tertiary/aromatic N) is 2. The molecule has 1 atom stereocenters. The molecule has 0 spiro atoms. The van der Waals surface area contributed by atoms with E-state index in [1.165, 1.54) is 0 Å². The molecule has 0 aliphatic carbocycles. The van der Waals surface area contributed by atoms with Crippen LogP contribution in [0.3, 0.4) is 0 Å². The maximum absolute atomic E-state index is 9.28. The molecule has 1 aromatic heterocycles. The van der Waals surface area contributed by atoms with Gasteiger partial charge >= 0.3 is 0 Å². The Morgan fingerprint density at radius 1 is 1.41 bits per heavy atom. The Kier molecular flexibility index (Phi) is 3.39. The highest BCUT2D eigenvalue weighted by Crippen LogP contribution is 2.20. The third kappa shape index (κ3) is 2.62. The normalized spacial score (nSPS) is 12.4. The molecule has 0 bridgehead atoms. The van der Waals surface area contributed by atoms with Gasteiger partial charge in [-0.1, -0.05) is 23.4 Å². The quantitative estimate of drug-likeness (QED) is 0.872. The summed E-state index contributed by atoms with van der Waals surface area (Å²) in [5.41, 5.74) is 0.980. The number of rotatable bonds is 4. The number of hydrogen-bond acceptors (Lipinski definition) is 5. The lowest BCUT2D eigenvalue weighted by Gasteiger charge is -2.05. The van der Waals surface area contributed by atoms with Gasteiger partial charge in [-0.3, -0.25) is 0 Å². The monoisotopic (exact) mass is 234 g/mol. The molecule has 17 heavy (non-hydrogen) atoms. The topological polar surface area (TPSA) is 68.4 Å². The van der Waals surface area contributed by atoms with Gasteiger partial charge in [-0.05, 0) is 13.0 Å². The van der Waals surface area contributed by atoms with E-state index in [1.807, 2.05) is 24.3 Å². The first kappa shape index (κ1) is 11.6. The molecule has 0 aliphatic heterocycles. The Morgan fingerprint density at radius 2 is 2.18 bits per heavy atom. The maximum atomic E-state index is 9.28. The average Bonchev–Trinajstić information content (AvgIpc) is 2.78. The highest BCUT2D eigenvalue weighted by Gasteiger charge is 2.12. The van der Waals surface area contributed by atoms with Gasteiger partial charge in [0.05, 0.1) is 7.11 Å². The van der Waals surface area contributed by atoms with Crippen LogP contribution in [0, 0.1) is 0 Å². The Morgan fingerprint density at radius 3 is 2.82 bits per heavy atom. The molecule has 1 aromatic carbocycles. The van der Waals surface area contributed by atoms with Crippen molar-refractivity contribution in [2.75, 3.05) is 7.11 Å². The minimum absolute atomic E-state index is 0.231. The predicted molar refractivity (Wildman–Crippen MR) is 60.7 cm³/mol. The highest BCUT2D eigenvalue weighted by molar-refractivity contribution is 5.35. The van der Waals surface area contributed by atoms with E-state index in [2.05, 4.69) is 10.1 Å². The molecule has 0 aliphatic rings. The van der Waals surface area contributed by atoms with Crippen LogP contribution in [-0.4, -0.2) is 22.4 Å². The van der Waals surface area contributed by atoms with Crippen molar-refractivity contribution in [3.63, 3.8) is 0 Å². The number of aliphatic hydroxyl groups is 1. The molecule has 90 valence electrons. The van der Waals surface area contributed by atoms with E-state index in [0.717, 1.165) is 11.3 Å². The molecular weight excluding hydrogens is 220 g/mol. The van der Waals surface area contributed by atoms with Crippen molar-refractivity contribution in [2.45, 2.75) is 19.4 Å². The molecule has 2 rings (SSSR count). The maximum Gasteiger partial charge on any atom is 0.255 e. The van der Waals surface area contributed by atoms with E-state index in [4.69, 9.17) is 9.26 Å². The Labute approximate surface area is 99.0 Å². The van der Waals surface area contributed by atoms with Crippen LogP contribution in [0.2, 0.25) is 0 Å². The van der Waals surface area contributed by atoms with Gasteiger partial charge in [-0.15, -0.1) is 0 Å². The minimum atomic E-state index is -0.742. The number of aromatic nitrogens is 2. The number of benzene rings is 1. The third-order valence-electron chi connectivity index (χ3n) is 2.38. The lowest BCUT2D eigenvalue weighted by Crippen LogP contribution is -1.96. The summed E-state index contributed by atoms with van der Waals surface area (Å²) in [5, 5.41) is 13.1. The van der Waals surface area contributed by atoms with Crippen molar-refractivity contribution in [3.8, 4) is 5.75 Å². The van der Waals surface area contributed by atoms with Crippen molar-refractivity contribution < 1.29 is 14.4 Å². The molecule has 0 fully saturated rings. The second-order valence-corrected chi connectivity index (χ2v) is 3.71. The molecule has 0 saturated carbocycles. The Balaban J connectivity index is 2.19. The first-order valence-electron chi connectivity index (χ1n) is 5.33. The average molecular weight is 234 g/mol. The van der Waals surface area contributed by atoms with E-state index in [0.29, 0.717) is 12.2 Å². The zero-order valence-electron chi connectivity index (χ0n) is 9.75. The second kappa shape index (κ2) is 4.97. The van der Waals surface area contributed by atoms with Gasteiger partial charge in [0.25, 0.3) is 5.89 Å². The SMILES string of the molecule is COc1ccccc1Cc1noc(C(C)O)n1. The van der Waals surface area contributed by atoms with E-state index in [-0.39, 0.29) is 5.89 Å². The number of hydrogen-bond donors (Lipinski definition) is 1. The van der Waals surface area contributed by atoms with Crippen molar-refractivity contribution in [1.29, 1.82) is 0 Å². The molecular formula is C12H14N2O3. The van der Waals surface area contributed by atoms with Crippen molar-refractivity contribution in [3.05, 3.63) is 41.5 Å². The van der Waals surface area contributed by atoms with Crippen LogP contribution in [0.5, 0.6) is 5.75 Å². The first-order chi connectivity index (χ1) is 8.20. The summed E-state index contributed by atoms with van der Waals surface area (Å²) in [5.74, 6) is 1.55. The van der Waals surface area contributed by atoms with Crippen LogP contribution in [-0.2, 0) is 6.42 Å². The summed E-state index contributed by atoms with van der Waals surface area (Å²) in [6, 6.07) is 7.65. The summed E-state index contributed by atoms with van der Waals surface area (Å²) < 4.78 is 10.2. The lowest BCUT2D eigenvalue weighted by atomic mass is 10.1. The summed E-state index contributed by atoms with van der Waals surface area (Å²) in [4.78, 5) is 4.10. The molecule has 2 aromatic rings. The summed E-state index contributed by atoms with van der Waals surface area (Å²) in [6.07, 6.45) is -0.228. The fourth-order valence-electron chi connectivity index (χ4n) is 1.53. The molecule has 1 heterocycles. The number of aliphatic hydroxyl groups excluding tert-OH is 1. The van der Waals surface area contributed by atoms with Gasteiger partial charge in [0.15, 0.2) is 5.82 Å². The standard InChI is InChI=1S/C12H14N2O3/c1-8(15)12-13-11(14-17-12)7-9-5-3-4-6-10(9)16-2/h3-6,8,15H,7H2,1-2H3. The van der Waals surface area contributed by atoms with Crippen LogP contribution in [0.15, 0.2) is 28.8 Å². The van der Waals surface area contributed by atoms with Gasteiger partial charge in [0.1, 0.15) is 11.9 Å². The van der Waals surface area contributed by atoms with Gasteiger partial charge in [-0.25, -0.2) is 0 Å². The van der Waals surface area contributed by atoms with E-state index in [1.54, 1.807) is 14.0 Å². The third-order valence-corrected chi connectivity index (χ3v) is 2.38. The van der Waals surface area contributed by atoms with Gasteiger partial charge < -0.3 is 14.4 Å². The van der Waals surface area contributed by atoms with Crippen molar-refractivity contribution in [2.24, 2.45) is 0 Å². The predicted octanol–water partition coefficient (Wildman–Crippen LogP) is 1.72. The number of para-hydroxylation sites is 1. The first-order valence-corrected chi connectivity index (χ1v) is 5.33. The van der Waals surface area contributed by atoms with E-state index in [9.17, 15) is 5.11 Å². The van der Waals surface area contributed by atoms with Crippen LogP contribution in [0.1, 0.15) is 30.3 Å². The van der Waals surface area contributed by atoms with Crippen molar-refractivity contribution in [1.82, 2.24) is 10.1 Å². The fraction of sp³-hybridized carbons (Fsp3) is 0.333. The molecule has 0 radical (unpaired) electrons. The number of methoxy groups -OCH3 is 1. The summed E-state index contributed by atoms with van der Waals surface area (Å²) in [6.45, 7) is 1.58. The van der Waals surface area contributed by atoms with Crippen molar-refractivity contribution >= 4 is 0 Å². The molecule has 0 saturated heterocycles. The molecule has 1 unspecified atom stereocenters. The molecule has 0 amide bonds. The number of ether oxygens (including phenoxy) is 1. The molecule has 1 N–H and O–H groups in total. The lowest BCUT2D eigenvalue weighted by molar-refractivity contribution is 0.151. The van der Waals surface area contributed by atoms with Crippen LogP contribution < -0.4 is 4.74 Å². The van der Waals surface area contributed by atoms with Gasteiger partial charge in [0, 0.05) is 12.0 Å². The minimum Gasteiger partial charge on any atom is -0.496 e. The van der Waals surface area contributed by atoms with Gasteiger partial charge in [-0.2, -0.15) is 4.98 Å². The Hall–Kier alpha value is -1.88. The smallest absolute Gasteiger partial charge is 0.255 e. The van der Waals surface area contributed by atoms with E-state index < -0.39 is 6.10 Å². The van der Waals surface area contributed by atoms with Crippen LogP contribution in [0.25, 0.3) is 0 Å². The second-order valence-electron chi connectivity index (χ2n) is 3.71. The molecule has 5 heteroatoms. The zero-order valence-corrected chi connectivity index (χ0v) is 9.75. The Bertz CT molecular complexity index is 494.